The van der Waals surface area contributed by atoms with Gasteiger partial charge in [0, 0.05) is 6.54 Å². The summed E-state index contributed by atoms with van der Waals surface area (Å²) < 4.78 is 10.9. The largest absolute Gasteiger partial charge is 0.486 e. The number of urea groups is 1. The van der Waals surface area contributed by atoms with Crippen molar-refractivity contribution in [1.82, 2.24) is 5.32 Å². The van der Waals surface area contributed by atoms with Crippen LogP contribution in [-0.4, -0.2) is 25.8 Å². The molecular weight excluding hydrogens is 208 g/mol. The van der Waals surface area contributed by atoms with Gasteiger partial charge in [-0.3, -0.25) is 0 Å². The van der Waals surface area contributed by atoms with Crippen molar-refractivity contribution in [3.05, 3.63) is 23.8 Å². The number of primary amides is 1. The van der Waals surface area contributed by atoms with Crippen LogP contribution in [0.4, 0.5) is 4.79 Å². The molecule has 1 aromatic carbocycles. The van der Waals surface area contributed by atoms with Gasteiger partial charge in [-0.15, -0.1) is 0 Å². The molecule has 5 nitrogen and oxygen atoms in total. The maximum atomic E-state index is 10.5. The number of carbonyl (C=O) groups is 1. The van der Waals surface area contributed by atoms with E-state index in [4.69, 9.17) is 15.2 Å². The number of nitrogens with two attached hydrogens (primary N) is 1. The number of nitrogens with one attached hydrogen (secondary N) is 1. The molecule has 2 rings (SSSR count). The number of hydrogen-bond donors (Lipinski definition) is 2. The molecule has 86 valence electrons. The second-order valence-corrected chi connectivity index (χ2v) is 3.52. The fourth-order valence-electron chi connectivity index (χ4n) is 1.57. The topological polar surface area (TPSA) is 73.6 Å². The van der Waals surface area contributed by atoms with E-state index in [0.717, 1.165) is 23.5 Å². The first kappa shape index (κ1) is 10.6. The number of benzene rings is 1. The first-order valence-corrected chi connectivity index (χ1v) is 5.17. The third-order valence-electron chi connectivity index (χ3n) is 2.32. The Morgan fingerprint density at radius 3 is 2.81 bits per heavy atom. The molecule has 0 atom stereocenters. The van der Waals surface area contributed by atoms with Gasteiger partial charge in [-0.05, 0) is 24.1 Å². The molecule has 1 aliphatic rings. The van der Waals surface area contributed by atoms with Crippen molar-refractivity contribution in [3.63, 3.8) is 0 Å². The number of fused-ring (bicyclic) bond motifs is 1. The van der Waals surface area contributed by atoms with Gasteiger partial charge in [0.1, 0.15) is 13.2 Å². The summed E-state index contributed by atoms with van der Waals surface area (Å²) in [5, 5.41) is 2.54. The summed E-state index contributed by atoms with van der Waals surface area (Å²) in [5.74, 6) is 1.54. The highest BCUT2D eigenvalue weighted by atomic mass is 16.6. The van der Waals surface area contributed by atoms with Crippen molar-refractivity contribution in [3.8, 4) is 11.5 Å². The van der Waals surface area contributed by atoms with Gasteiger partial charge >= 0.3 is 6.03 Å². The predicted octanol–water partition coefficient (Wildman–Crippen LogP) is 0.669. The molecule has 0 unspecified atom stereocenters. The molecule has 0 bridgehead atoms. The molecule has 0 saturated carbocycles. The molecule has 2 amide bonds. The third kappa shape index (κ3) is 2.56. The lowest BCUT2D eigenvalue weighted by atomic mass is 10.1. The van der Waals surface area contributed by atoms with Crippen LogP contribution < -0.4 is 20.5 Å². The van der Waals surface area contributed by atoms with Gasteiger partial charge in [0.2, 0.25) is 0 Å². The zero-order valence-electron chi connectivity index (χ0n) is 8.86. The molecule has 0 saturated heterocycles. The molecular formula is C11H14N2O3. The van der Waals surface area contributed by atoms with Gasteiger partial charge in [-0.2, -0.15) is 0 Å². The van der Waals surface area contributed by atoms with E-state index in [1.807, 2.05) is 18.2 Å². The first-order valence-electron chi connectivity index (χ1n) is 5.17. The van der Waals surface area contributed by atoms with E-state index in [-0.39, 0.29) is 0 Å². The highest BCUT2D eigenvalue weighted by Gasteiger charge is 2.11. The number of hydrogen-bond acceptors (Lipinski definition) is 3. The van der Waals surface area contributed by atoms with Crippen molar-refractivity contribution >= 4 is 6.03 Å². The molecule has 1 aromatic rings. The molecule has 1 aliphatic heterocycles. The minimum Gasteiger partial charge on any atom is -0.486 e. The van der Waals surface area contributed by atoms with Gasteiger partial charge in [0.05, 0.1) is 0 Å². The Bertz CT molecular complexity index is 393. The standard InChI is InChI=1S/C11H14N2O3/c12-11(14)13-4-3-8-1-2-9-10(7-8)16-6-5-15-9/h1-2,7H,3-6H2,(H3,12,13,14). The van der Waals surface area contributed by atoms with E-state index in [1.165, 1.54) is 0 Å². The Morgan fingerprint density at radius 1 is 1.31 bits per heavy atom. The van der Waals surface area contributed by atoms with Crippen LogP contribution in [0.25, 0.3) is 0 Å². The van der Waals surface area contributed by atoms with Crippen LogP contribution in [0.5, 0.6) is 11.5 Å². The minimum absolute atomic E-state index is 0.502. The fraction of sp³-hybridized carbons (Fsp3) is 0.364. The molecule has 0 spiro atoms. The van der Waals surface area contributed by atoms with E-state index < -0.39 is 6.03 Å². The van der Waals surface area contributed by atoms with Crippen LogP contribution in [0.15, 0.2) is 18.2 Å². The fourth-order valence-corrected chi connectivity index (χ4v) is 1.57. The van der Waals surface area contributed by atoms with Crippen molar-refractivity contribution in [2.75, 3.05) is 19.8 Å². The highest BCUT2D eigenvalue weighted by molar-refractivity contribution is 5.71. The number of rotatable bonds is 3. The van der Waals surface area contributed by atoms with Crippen LogP contribution >= 0.6 is 0 Å². The molecule has 0 aromatic heterocycles. The molecule has 0 fully saturated rings. The van der Waals surface area contributed by atoms with Crippen LogP contribution in [0.3, 0.4) is 0 Å². The maximum Gasteiger partial charge on any atom is 0.312 e. The van der Waals surface area contributed by atoms with E-state index in [9.17, 15) is 4.79 Å². The first-order chi connectivity index (χ1) is 7.75. The summed E-state index contributed by atoms with van der Waals surface area (Å²) in [7, 11) is 0. The van der Waals surface area contributed by atoms with Crippen LogP contribution in [0.1, 0.15) is 5.56 Å². The van der Waals surface area contributed by atoms with Crippen molar-refractivity contribution in [2.24, 2.45) is 5.73 Å². The summed E-state index contributed by atoms with van der Waals surface area (Å²) in [6.07, 6.45) is 0.722. The van der Waals surface area contributed by atoms with Crippen LogP contribution in [-0.2, 0) is 6.42 Å². The van der Waals surface area contributed by atoms with Crippen molar-refractivity contribution < 1.29 is 14.3 Å². The summed E-state index contributed by atoms with van der Waals surface area (Å²) in [6, 6.07) is 5.26. The predicted molar refractivity (Wildman–Crippen MR) is 58.7 cm³/mol. The Kier molecular flexibility index (Phi) is 3.14. The SMILES string of the molecule is NC(=O)NCCc1ccc2c(c1)OCCO2. The second kappa shape index (κ2) is 4.74. The lowest BCUT2D eigenvalue weighted by Gasteiger charge is -2.18. The van der Waals surface area contributed by atoms with Crippen LogP contribution in [0, 0.1) is 0 Å². The van der Waals surface area contributed by atoms with Gasteiger partial charge in [-0.25, -0.2) is 4.79 Å². The van der Waals surface area contributed by atoms with Gasteiger partial charge in [-0.1, -0.05) is 6.07 Å². The second-order valence-electron chi connectivity index (χ2n) is 3.52. The summed E-state index contributed by atoms with van der Waals surface area (Å²) in [4.78, 5) is 10.5. The molecule has 16 heavy (non-hydrogen) atoms. The molecule has 0 radical (unpaired) electrons. The van der Waals surface area contributed by atoms with E-state index in [2.05, 4.69) is 5.32 Å². The number of ether oxygens (including phenoxy) is 2. The summed E-state index contributed by atoms with van der Waals surface area (Å²) >= 11 is 0. The highest BCUT2D eigenvalue weighted by Crippen LogP contribution is 2.30. The van der Waals surface area contributed by atoms with Crippen LogP contribution in [0.2, 0.25) is 0 Å². The third-order valence-corrected chi connectivity index (χ3v) is 2.32. The Morgan fingerprint density at radius 2 is 2.06 bits per heavy atom. The van der Waals surface area contributed by atoms with E-state index >= 15 is 0 Å². The molecule has 1 heterocycles. The quantitative estimate of drug-likeness (QED) is 0.789. The minimum atomic E-state index is -0.502. The number of carbonyl (C=O) groups excluding carboxylic acids is 1. The lowest BCUT2D eigenvalue weighted by Crippen LogP contribution is -2.30. The zero-order chi connectivity index (χ0) is 11.4. The van der Waals surface area contributed by atoms with Gasteiger partial charge < -0.3 is 20.5 Å². The van der Waals surface area contributed by atoms with E-state index in [1.54, 1.807) is 0 Å². The Hall–Kier alpha value is -1.91. The van der Waals surface area contributed by atoms with Crippen molar-refractivity contribution in [1.29, 1.82) is 0 Å². The molecule has 3 N–H and O–H groups in total. The summed E-state index contributed by atoms with van der Waals surface area (Å²) in [5.41, 5.74) is 6.05. The summed E-state index contributed by atoms with van der Waals surface area (Å²) in [6.45, 7) is 1.69. The van der Waals surface area contributed by atoms with Gasteiger partial charge in [0.15, 0.2) is 11.5 Å². The molecule has 0 aliphatic carbocycles. The molecule has 5 heteroatoms. The normalized spacial score (nSPS) is 13.2. The Labute approximate surface area is 93.5 Å². The maximum absolute atomic E-state index is 10.5. The lowest BCUT2D eigenvalue weighted by molar-refractivity contribution is 0.171. The number of amides is 2. The average molecular weight is 222 g/mol. The van der Waals surface area contributed by atoms with Gasteiger partial charge in [0.25, 0.3) is 0 Å². The average Bonchev–Trinajstić information content (AvgIpc) is 2.28. The van der Waals surface area contributed by atoms with E-state index in [0.29, 0.717) is 19.8 Å². The van der Waals surface area contributed by atoms with Crippen molar-refractivity contribution in [2.45, 2.75) is 6.42 Å². The zero-order valence-corrected chi connectivity index (χ0v) is 8.86. The monoisotopic (exact) mass is 222 g/mol. The Balaban J connectivity index is 1.97. The smallest absolute Gasteiger partial charge is 0.312 e.